The lowest BCUT2D eigenvalue weighted by molar-refractivity contribution is -0.291. The van der Waals surface area contributed by atoms with Gasteiger partial charge in [-0.15, -0.1) is 13.2 Å². The van der Waals surface area contributed by atoms with Gasteiger partial charge in [0.15, 0.2) is 0 Å². The van der Waals surface area contributed by atoms with Crippen molar-refractivity contribution in [2.24, 2.45) is 0 Å². The van der Waals surface area contributed by atoms with Crippen LogP contribution in [0.1, 0.15) is 10.5 Å². The van der Waals surface area contributed by atoms with E-state index in [-0.39, 0.29) is 5.69 Å². The molecular weight excluding hydrogens is 235 g/mol. The number of carbonyl (C=O) groups excluding carboxylic acids is 1. The van der Waals surface area contributed by atoms with Crippen LogP contribution in [0.3, 0.4) is 0 Å². The zero-order valence-electron chi connectivity index (χ0n) is 8.36. The molecule has 2 rings (SSSR count). The molecule has 0 amide bonds. The first-order chi connectivity index (χ1) is 7.96. The molecule has 0 radical (unpaired) electrons. The summed E-state index contributed by atoms with van der Waals surface area (Å²) in [5, 5.41) is 0.732. The lowest BCUT2D eigenvalue weighted by Crippen LogP contribution is -2.20. The van der Waals surface area contributed by atoms with Crippen molar-refractivity contribution in [2.45, 2.75) is 6.36 Å². The smallest absolute Gasteiger partial charge is 0.368 e. The molecule has 0 unspecified atom stereocenters. The number of carbonyl (C=O) groups is 1. The average molecular weight is 241 g/mol. The molecule has 1 heterocycles. The van der Waals surface area contributed by atoms with E-state index < -0.39 is 12.3 Å². The number of rotatable bonds is 1. The van der Waals surface area contributed by atoms with Crippen LogP contribution in [0.2, 0.25) is 0 Å². The summed E-state index contributed by atoms with van der Waals surface area (Å²) in [4.78, 5) is 14.9. The number of benzene rings is 1. The fourth-order valence-electron chi connectivity index (χ4n) is 1.34. The van der Waals surface area contributed by atoms with Crippen LogP contribution in [-0.4, -0.2) is 17.3 Å². The maximum absolute atomic E-state index is 11.8. The van der Waals surface area contributed by atoms with Crippen LogP contribution in [0.5, 0.6) is 0 Å². The minimum atomic E-state index is -5.00. The van der Waals surface area contributed by atoms with Crippen molar-refractivity contribution in [3.05, 3.63) is 42.1 Å². The molecule has 1 aromatic heterocycles. The highest BCUT2D eigenvalue weighted by molar-refractivity contribution is 5.91. The first-order valence-electron chi connectivity index (χ1n) is 4.61. The Morgan fingerprint density at radius 2 is 1.82 bits per heavy atom. The molecule has 3 nitrogen and oxygen atoms in total. The standard InChI is InChI=1S/C11H6F3NO2/c12-11(13,14)17-10(16)9-6-5-7-3-1-2-4-8(7)15-9/h1-6H. The van der Waals surface area contributed by atoms with Crippen molar-refractivity contribution in [3.63, 3.8) is 0 Å². The number of alkyl halides is 3. The van der Waals surface area contributed by atoms with Gasteiger partial charge >= 0.3 is 12.3 Å². The Hall–Kier alpha value is -2.11. The molecule has 88 valence electrons. The second-order valence-corrected chi connectivity index (χ2v) is 3.22. The lowest BCUT2D eigenvalue weighted by Gasteiger charge is -2.06. The summed E-state index contributed by atoms with van der Waals surface area (Å²) in [5.74, 6) is -1.51. The van der Waals surface area contributed by atoms with Crippen LogP contribution >= 0.6 is 0 Å². The van der Waals surface area contributed by atoms with Crippen LogP contribution < -0.4 is 0 Å². The highest BCUT2D eigenvalue weighted by Gasteiger charge is 2.34. The first kappa shape index (κ1) is 11.4. The third kappa shape index (κ3) is 2.72. The van der Waals surface area contributed by atoms with E-state index in [9.17, 15) is 18.0 Å². The molecule has 0 N–H and O–H groups in total. The van der Waals surface area contributed by atoms with Crippen molar-refractivity contribution in [3.8, 4) is 0 Å². The summed E-state index contributed by atoms with van der Waals surface area (Å²) in [5.41, 5.74) is 0.0603. The molecule has 0 bridgehead atoms. The van der Waals surface area contributed by atoms with Crippen LogP contribution in [0.15, 0.2) is 36.4 Å². The number of hydrogen-bond donors (Lipinski definition) is 0. The van der Waals surface area contributed by atoms with E-state index in [1.165, 1.54) is 12.1 Å². The van der Waals surface area contributed by atoms with Gasteiger partial charge in [-0.2, -0.15) is 0 Å². The SMILES string of the molecule is O=C(OC(F)(F)F)c1ccc2ccccc2n1. The number of hydrogen-bond acceptors (Lipinski definition) is 3. The van der Waals surface area contributed by atoms with E-state index in [4.69, 9.17) is 0 Å². The van der Waals surface area contributed by atoms with Gasteiger partial charge in [0.1, 0.15) is 5.69 Å². The lowest BCUT2D eigenvalue weighted by atomic mass is 10.2. The van der Waals surface area contributed by atoms with Gasteiger partial charge in [-0.3, -0.25) is 0 Å². The van der Waals surface area contributed by atoms with E-state index in [1.54, 1.807) is 24.3 Å². The summed E-state index contributed by atoms with van der Waals surface area (Å²) >= 11 is 0. The molecule has 0 aliphatic carbocycles. The molecule has 0 atom stereocenters. The van der Waals surface area contributed by atoms with Crippen LogP contribution in [-0.2, 0) is 4.74 Å². The number of aromatic nitrogens is 1. The second-order valence-electron chi connectivity index (χ2n) is 3.22. The van der Waals surface area contributed by atoms with Gasteiger partial charge < -0.3 is 4.74 Å². The summed E-state index contributed by atoms with van der Waals surface area (Å²) in [6.45, 7) is 0. The predicted octanol–water partition coefficient (Wildman–Crippen LogP) is 2.91. The molecule has 0 saturated heterocycles. The second kappa shape index (κ2) is 4.04. The van der Waals surface area contributed by atoms with Crippen LogP contribution in [0, 0.1) is 0 Å². The number of para-hydroxylation sites is 1. The Bertz CT molecular complexity index is 566. The van der Waals surface area contributed by atoms with E-state index in [0.717, 1.165) is 5.39 Å². The first-order valence-corrected chi connectivity index (χ1v) is 4.61. The fraction of sp³-hybridized carbons (Fsp3) is 0.0909. The van der Waals surface area contributed by atoms with Crippen molar-refractivity contribution in [1.82, 2.24) is 4.98 Å². The molecule has 0 spiro atoms. The molecule has 17 heavy (non-hydrogen) atoms. The van der Waals surface area contributed by atoms with E-state index in [1.807, 2.05) is 0 Å². The molecule has 1 aromatic carbocycles. The minimum absolute atomic E-state index is 0.374. The Balaban J connectivity index is 2.33. The topological polar surface area (TPSA) is 39.2 Å². The van der Waals surface area contributed by atoms with Crippen molar-refractivity contribution < 1.29 is 22.7 Å². The minimum Gasteiger partial charge on any atom is -0.368 e. The van der Waals surface area contributed by atoms with Crippen LogP contribution in [0.25, 0.3) is 10.9 Å². The van der Waals surface area contributed by atoms with Gasteiger partial charge in [0.25, 0.3) is 0 Å². The predicted molar refractivity (Wildman–Crippen MR) is 53.2 cm³/mol. The van der Waals surface area contributed by atoms with Gasteiger partial charge in [0.05, 0.1) is 5.52 Å². The molecule has 2 aromatic rings. The van der Waals surface area contributed by atoms with Gasteiger partial charge in [0, 0.05) is 5.39 Å². The highest BCUT2D eigenvalue weighted by Crippen LogP contribution is 2.19. The van der Waals surface area contributed by atoms with Crippen molar-refractivity contribution in [2.75, 3.05) is 0 Å². The van der Waals surface area contributed by atoms with Gasteiger partial charge in [-0.1, -0.05) is 24.3 Å². The Morgan fingerprint density at radius 1 is 1.12 bits per heavy atom. The number of pyridine rings is 1. The number of nitrogens with zero attached hydrogens (tertiary/aromatic N) is 1. The Labute approximate surface area is 93.8 Å². The van der Waals surface area contributed by atoms with Gasteiger partial charge in [-0.25, -0.2) is 9.78 Å². The summed E-state index contributed by atoms with van der Waals surface area (Å²) in [7, 11) is 0. The molecule has 0 fully saturated rings. The van der Waals surface area contributed by atoms with E-state index >= 15 is 0 Å². The van der Waals surface area contributed by atoms with Crippen LogP contribution in [0.4, 0.5) is 13.2 Å². The van der Waals surface area contributed by atoms with Crippen molar-refractivity contribution in [1.29, 1.82) is 0 Å². The average Bonchev–Trinajstić information content (AvgIpc) is 2.26. The molecule has 0 saturated carbocycles. The quantitative estimate of drug-likeness (QED) is 0.720. The summed E-state index contributed by atoms with van der Waals surface area (Å²) in [6.07, 6.45) is -5.00. The summed E-state index contributed by atoms with van der Waals surface area (Å²) in [6, 6.07) is 9.47. The zero-order valence-corrected chi connectivity index (χ0v) is 8.36. The Morgan fingerprint density at radius 3 is 2.53 bits per heavy atom. The molecule has 0 aliphatic rings. The van der Waals surface area contributed by atoms with Crippen molar-refractivity contribution >= 4 is 16.9 Å². The molecular formula is C11H6F3NO2. The fourth-order valence-corrected chi connectivity index (χ4v) is 1.34. The number of esters is 1. The number of ether oxygens (including phenoxy) is 1. The van der Waals surface area contributed by atoms with Gasteiger partial charge in [0.2, 0.25) is 0 Å². The monoisotopic (exact) mass is 241 g/mol. The van der Waals surface area contributed by atoms with E-state index in [2.05, 4.69) is 9.72 Å². The Kier molecular flexibility index (Phi) is 2.71. The maximum atomic E-state index is 11.8. The zero-order chi connectivity index (χ0) is 12.5. The maximum Gasteiger partial charge on any atom is 0.575 e. The number of fused-ring (bicyclic) bond motifs is 1. The van der Waals surface area contributed by atoms with E-state index in [0.29, 0.717) is 5.52 Å². The molecule has 6 heteroatoms. The molecule has 0 aliphatic heterocycles. The normalized spacial score (nSPS) is 11.5. The van der Waals surface area contributed by atoms with Gasteiger partial charge in [-0.05, 0) is 12.1 Å². The number of halogens is 3. The third-order valence-corrected chi connectivity index (χ3v) is 2.02. The largest absolute Gasteiger partial charge is 0.575 e. The third-order valence-electron chi connectivity index (χ3n) is 2.02. The highest BCUT2D eigenvalue weighted by atomic mass is 19.4. The summed E-state index contributed by atoms with van der Waals surface area (Å²) < 4.78 is 38.8.